The van der Waals surface area contributed by atoms with Gasteiger partial charge in [0.2, 0.25) is 0 Å². The summed E-state index contributed by atoms with van der Waals surface area (Å²) in [4.78, 5) is 46.9. The normalized spacial score (nSPS) is 25.8. The largest absolute Gasteiger partial charge is 0.465 e. The first kappa shape index (κ1) is 19.1. The number of carbonyl (C=O) groups excluding carboxylic acids is 4. The van der Waals surface area contributed by atoms with Gasteiger partial charge in [-0.05, 0) is 40.0 Å². The number of carbonyl (C=O) groups is 4. The molecular formula is C18H24O7. The van der Waals surface area contributed by atoms with E-state index in [4.69, 9.17) is 9.47 Å². The molecule has 25 heavy (non-hydrogen) atoms. The van der Waals surface area contributed by atoms with E-state index in [9.17, 15) is 19.2 Å². The predicted molar refractivity (Wildman–Crippen MR) is 86.0 cm³/mol. The van der Waals surface area contributed by atoms with Gasteiger partial charge in [-0.2, -0.15) is 0 Å². The zero-order chi connectivity index (χ0) is 18.8. The molecule has 0 radical (unpaired) electrons. The van der Waals surface area contributed by atoms with Crippen molar-refractivity contribution in [2.24, 2.45) is 17.8 Å². The van der Waals surface area contributed by atoms with Gasteiger partial charge in [-0.25, -0.2) is 4.79 Å². The highest BCUT2D eigenvalue weighted by atomic mass is 16.6. The Hall–Kier alpha value is -2.18. The van der Waals surface area contributed by atoms with Crippen LogP contribution in [0.2, 0.25) is 0 Å². The third-order valence-electron chi connectivity index (χ3n) is 4.66. The second kappa shape index (κ2) is 7.37. The third-order valence-corrected chi connectivity index (χ3v) is 4.66. The van der Waals surface area contributed by atoms with Crippen LogP contribution in [0.5, 0.6) is 0 Å². The lowest BCUT2D eigenvalue weighted by Gasteiger charge is -2.27. The summed E-state index contributed by atoms with van der Waals surface area (Å²) in [5.74, 6) is -3.28. The molecule has 7 nitrogen and oxygen atoms in total. The van der Waals surface area contributed by atoms with Gasteiger partial charge in [0.1, 0.15) is 5.60 Å². The van der Waals surface area contributed by atoms with E-state index in [1.165, 1.54) is 0 Å². The number of hydrogen-bond donors (Lipinski definition) is 0. The average molecular weight is 352 g/mol. The summed E-state index contributed by atoms with van der Waals surface area (Å²) in [5, 5.41) is 0. The van der Waals surface area contributed by atoms with Gasteiger partial charge in [-0.15, -0.1) is 0 Å². The summed E-state index contributed by atoms with van der Waals surface area (Å²) < 4.78 is 15.2. The molecule has 0 aromatic heterocycles. The molecule has 0 spiro atoms. The monoisotopic (exact) mass is 352 g/mol. The molecule has 3 unspecified atom stereocenters. The fourth-order valence-corrected chi connectivity index (χ4v) is 3.08. The molecule has 0 N–H and O–H groups in total. The minimum absolute atomic E-state index is 0.100. The Labute approximate surface area is 146 Å². The van der Waals surface area contributed by atoms with Crippen molar-refractivity contribution >= 4 is 23.9 Å². The van der Waals surface area contributed by atoms with Gasteiger partial charge in [0.15, 0.2) is 0 Å². The zero-order valence-electron chi connectivity index (χ0n) is 14.8. The van der Waals surface area contributed by atoms with Gasteiger partial charge in [-0.3, -0.25) is 14.4 Å². The number of ether oxygens (including phenoxy) is 3. The Morgan fingerprint density at radius 3 is 2.48 bits per heavy atom. The fourth-order valence-electron chi connectivity index (χ4n) is 3.08. The summed E-state index contributed by atoms with van der Waals surface area (Å²) in [6, 6.07) is 0. The summed E-state index contributed by atoms with van der Waals surface area (Å²) in [5.41, 5.74) is -0.477. The van der Waals surface area contributed by atoms with Gasteiger partial charge >= 0.3 is 23.9 Å². The molecule has 1 aliphatic carbocycles. The Morgan fingerprint density at radius 1 is 1.20 bits per heavy atom. The Bertz CT molecular complexity index is 605. The Morgan fingerprint density at radius 2 is 1.84 bits per heavy atom. The zero-order valence-corrected chi connectivity index (χ0v) is 14.8. The Balaban J connectivity index is 1.79. The molecule has 138 valence electrons. The van der Waals surface area contributed by atoms with Crippen molar-refractivity contribution in [1.82, 2.24) is 0 Å². The molecular weight excluding hydrogens is 328 g/mol. The lowest BCUT2D eigenvalue weighted by molar-refractivity contribution is -0.157. The van der Waals surface area contributed by atoms with Crippen LogP contribution in [-0.2, 0) is 33.4 Å². The second-order valence-corrected chi connectivity index (χ2v) is 7.31. The summed E-state index contributed by atoms with van der Waals surface area (Å²) in [6.07, 6.45) is 1.58. The quantitative estimate of drug-likeness (QED) is 0.312. The van der Waals surface area contributed by atoms with Crippen LogP contribution in [-0.4, -0.2) is 36.1 Å². The van der Waals surface area contributed by atoms with Gasteiger partial charge in [0, 0.05) is 12.0 Å². The minimum atomic E-state index is -0.782. The topological polar surface area (TPSA) is 96.0 Å². The number of fused-ring (bicyclic) bond motifs is 1. The number of hydrogen-bond acceptors (Lipinski definition) is 7. The molecule has 3 atom stereocenters. The summed E-state index contributed by atoms with van der Waals surface area (Å²) >= 11 is 0. The molecule has 1 aliphatic heterocycles. The molecule has 1 heterocycles. The highest BCUT2D eigenvalue weighted by Gasteiger charge is 2.49. The summed E-state index contributed by atoms with van der Waals surface area (Å²) in [6.45, 7) is 8.65. The van der Waals surface area contributed by atoms with Crippen LogP contribution in [0.3, 0.4) is 0 Å². The van der Waals surface area contributed by atoms with Crippen LogP contribution < -0.4 is 0 Å². The van der Waals surface area contributed by atoms with Crippen molar-refractivity contribution in [3.8, 4) is 0 Å². The molecule has 2 aliphatic rings. The number of rotatable bonds is 6. The second-order valence-electron chi connectivity index (χ2n) is 7.31. The van der Waals surface area contributed by atoms with E-state index in [0.29, 0.717) is 24.8 Å². The first-order valence-corrected chi connectivity index (χ1v) is 8.42. The molecule has 0 aromatic rings. The van der Waals surface area contributed by atoms with Crippen LogP contribution in [0.4, 0.5) is 0 Å². The van der Waals surface area contributed by atoms with E-state index in [-0.39, 0.29) is 13.0 Å². The van der Waals surface area contributed by atoms with E-state index < -0.39 is 47.2 Å². The Kier molecular flexibility index (Phi) is 5.65. The molecule has 1 saturated carbocycles. The van der Waals surface area contributed by atoms with Gasteiger partial charge in [0.25, 0.3) is 0 Å². The number of esters is 4. The van der Waals surface area contributed by atoms with Crippen molar-refractivity contribution in [2.45, 2.75) is 52.1 Å². The van der Waals surface area contributed by atoms with E-state index in [0.717, 1.165) is 0 Å². The van der Waals surface area contributed by atoms with Crippen LogP contribution >= 0.6 is 0 Å². The van der Waals surface area contributed by atoms with Crippen molar-refractivity contribution in [1.29, 1.82) is 0 Å². The smallest absolute Gasteiger partial charge is 0.333 e. The van der Waals surface area contributed by atoms with Crippen LogP contribution in [0.25, 0.3) is 0 Å². The molecule has 2 rings (SSSR count). The van der Waals surface area contributed by atoms with Crippen molar-refractivity contribution < 1.29 is 33.4 Å². The molecule has 7 heteroatoms. The van der Waals surface area contributed by atoms with E-state index in [1.807, 2.05) is 0 Å². The highest BCUT2D eigenvalue weighted by Crippen LogP contribution is 2.39. The van der Waals surface area contributed by atoms with Crippen LogP contribution in [0.15, 0.2) is 12.2 Å². The third kappa shape index (κ3) is 4.67. The van der Waals surface area contributed by atoms with E-state index in [2.05, 4.69) is 11.3 Å². The van der Waals surface area contributed by atoms with Gasteiger partial charge < -0.3 is 14.2 Å². The van der Waals surface area contributed by atoms with E-state index >= 15 is 0 Å². The molecule has 0 aromatic carbocycles. The van der Waals surface area contributed by atoms with Crippen molar-refractivity contribution in [3.63, 3.8) is 0 Å². The molecule has 2 fully saturated rings. The molecule has 1 saturated heterocycles. The van der Waals surface area contributed by atoms with Crippen LogP contribution in [0.1, 0.15) is 46.5 Å². The standard InChI is InChI=1S/C18H24O7/c1-10(2)14(19)25-18(3,4)7-8-23-15(20)11-5-6-12-13(9-11)17(22)24-16(12)21/h11-13H,1,5-9H2,2-4H3. The SMILES string of the molecule is C=C(C)C(=O)OC(C)(C)CCOC(=O)C1CCC2C(=O)OC(=O)C2C1. The number of cyclic esters (lactones) is 2. The van der Waals surface area contributed by atoms with Gasteiger partial charge in [-0.1, -0.05) is 6.58 Å². The average Bonchev–Trinajstić information content (AvgIpc) is 2.80. The van der Waals surface area contributed by atoms with Gasteiger partial charge in [0.05, 0.1) is 24.4 Å². The maximum absolute atomic E-state index is 12.2. The van der Waals surface area contributed by atoms with E-state index in [1.54, 1.807) is 20.8 Å². The van der Waals surface area contributed by atoms with Crippen molar-refractivity contribution in [3.05, 3.63) is 12.2 Å². The molecule has 0 bridgehead atoms. The first-order valence-electron chi connectivity index (χ1n) is 8.42. The minimum Gasteiger partial charge on any atom is -0.465 e. The molecule has 0 amide bonds. The lowest BCUT2D eigenvalue weighted by Crippen LogP contribution is -2.33. The van der Waals surface area contributed by atoms with Crippen LogP contribution in [0, 0.1) is 17.8 Å². The highest BCUT2D eigenvalue weighted by molar-refractivity contribution is 5.97. The predicted octanol–water partition coefficient (Wildman–Crippen LogP) is 1.93. The summed E-state index contributed by atoms with van der Waals surface area (Å²) in [7, 11) is 0. The maximum Gasteiger partial charge on any atom is 0.333 e. The van der Waals surface area contributed by atoms with Crippen molar-refractivity contribution in [2.75, 3.05) is 6.61 Å². The maximum atomic E-state index is 12.2. The fraction of sp³-hybridized carbons (Fsp3) is 0.667. The first-order chi connectivity index (χ1) is 11.6. The lowest BCUT2D eigenvalue weighted by atomic mass is 9.75.